The van der Waals surface area contributed by atoms with Gasteiger partial charge in [-0.3, -0.25) is 14.4 Å². The molecule has 3 amide bonds. The first-order valence-corrected chi connectivity index (χ1v) is 11.0. The molecule has 1 aromatic heterocycles. The molecule has 164 valence electrons. The third-order valence-corrected chi connectivity index (χ3v) is 6.21. The monoisotopic (exact) mass is 423 g/mol. The molecule has 3 heterocycles. The maximum Gasteiger partial charge on any atom is 0.291 e. The Morgan fingerprint density at radius 1 is 1.00 bits per heavy atom. The van der Waals surface area contributed by atoms with E-state index in [-0.39, 0.29) is 29.4 Å². The van der Waals surface area contributed by atoms with Gasteiger partial charge in [-0.2, -0.15) is 0 Å². The predicted molar refractivity (Wildman–Crippen MR) is 117 cm³/mol. The second kappa shape index (κ2) is 9.37. The first kappa shape index (κ1) is 21.2. The second-order valence-electron chi connectivity index (χ2n) is 8.61. The summed E-state index contributed by atoms with van der Waals surface area (Å²) in [5, 5.41) is 2.75. The molecule has 31 heavy (non-hydrogen) atoms. The highest BCUT2D eigenvalue weighted by atomic mass is 16.3. The molecule has 0 radical (unpaired) electrons. The molecule has 7 nitrogen and oxygen atoms in total. The van der Waals surface area contributed by atoms with Crippen molar-refractivity contribution in [2.75, 3.05) is 31.5 Å². The van der Waals surface area contributed by atoms with Gasteiger partial charge >= 0.3 is 0 Å². The van der Waals surface area contributed by atoms with Gasteiger partial charge in [-0.05, 0) is 61.9 Å². The molecular weight excluding hydrogens is 394 g/mol. The van der Waals surface area contributed by atoms with Crippen LogP contribution in [0, 0.1) is 11.8 Å². The number of nitrogens with one attached hydrogen (secondary N) is 1. The van der Waals surface area contributed by atoms with Crippen LogP contribution in [0.3, 0.4) is 0 Å². The number of amides is 3. The van der Waals surface area contributed by atoms with E-state index >= 15 is 0 Å². The summed E-state index contributed by atoms with van der Waals surface area (Å²) in [6, 6.07) is 10.1. The minimum Gasteiger partial charge on any atom is -0.459 e. The SMILES string of the molecule is CC1CCCN(C(=O)C2CCN(C(=O)c3cccc(NC(=O)c4ccco4)c3)CC2)C1. The number of hydrogen-bond donors (Lipinski definition) is 1. The van der Waals surface area contributed by atoms with Gasteiger partial charge in [-0.25, -0.2) is 0 Å². The Morgan fingerprint density at radius 2 is 1.81 bits per heavy atom. The van der Waals surface area contributed by atoms with Crippen LogP contribution in [0.2, 0.25) is 0 Å². The third kappa shape index (κ3) is 4.98. The fraction of sp³-hybridized carbons (Fsp3) is 0.458. The lowest BCUT2D eigenvalue weighted by molar-refractivity contribution is -0.138. The number of furan rings is 1. The van der Waals surface area contributed by atoms with Crippen molar-refractivity contribution in [2.45, 2.75) is 32.6 Å². The number of carbonyl (C=O) groups is 3. The Bertz CT molecular complexity index is 932. The molecule has 2 saturated heterocycles. The molecule has 1 N–H and O–H groups in total. The average Bonchev–Trinajstić information content (AvgIpc) is 3.34. The molecule has 2 aromatic rings. The largest absolute Gasteiger partial charge is 0.459 e. The Balaban J connectivity index is 1.33. The van der Waals surface area contributed by atoms with Crippen molar-refractivity contribution in [3.05, 3.63) is 54.0 Å². The van der Waals surface area contributed by atoms with Crippen LogP contribution in [-0.4, -0.2) is 53.7 Å². The maximum atomic E-state index is 13.0. The van der Waals surface area contributed by atoms with Crippen LogP contribution in [0.5, 0.6) is 0 Å². The second-order valence-corrected chi connectivity index (χ2v) is 8.61. The van der Waals surface area contributed by atoms with Crippen LogP contribution in [0.25, 0.3) is 0 Å². The van der Waals surface area contributed by atoms with Crippen LogP contribution in [0.4, 0.5) is 5.69 Å². The number of rotatable bonds is 4. The molecule has 1 atom stereocenters. The highest BCUT2D eigenvalue weighted by Crippen LogP contribution is 2.25. The van der Waals surface area contributed by atoms with E-state index in [9.17, 15) is 14.4 Å². The van der Waals surface area contributed by atoms with E-state index in [4.69, 9.17) is 4.42 Å². The van der Waals surface area contributed by atoms with Gasteiger partial charge in [0.2, 0.25) is 5.91 Å². The number of nitrogens with zero attached hydrogens (tertiary/aromatic N) is 2. The summed E-state index contributed by atoms with van der Waals surface area (Å²) in [5.41, 5.74) is 1.06. The van der Waals surface area contributed by atoms with Crippen molar-refractivity contribution in [1.82, 2.24) is 9.80 Å². The Labute approximate surface area is 182 Å². The fourth-order valence-electron chi connectivity index (χ4n) is 4.49. The third-order valence-electron chi connectivity index (χ3n) is 6.21. The summed E-state index contributed by atoms with van der Waals surface area (Å²) < 4.78 is 5.10. The summed E-state index contributed by atoms with van der Waals surface area (Å²) in [7, 11) is 0. The van der Waals surface area contributed by atoms with Crippen LogP contribution in [0.1, 0.15) is 53.5 Å². The van der Waals surface area contributed by atoms with E-state index in [0.717, 1.165) is 19.5 Å². The highest BCUT2D eigenvalue weighted by molar-refractivity contribution is 6.03. The summed E-state index contributed by atoms with van der Waals surface area (Å²) in [4.78, 5) is 41.8. The number of anilines is 1. The first-order valence-electron chi connectivity index (χ1n) is 11.0. The fourth-order valence-corrected chi connectivity index (χ4v) is 4.49. The van der Waals surface area contributed by atoms with Crippen LogP contribution >= 0.6 is 0 Å². The normalized spacial score (nSPS) is 19.8. The molecule has 2 aliphatic heterocycles. The minimum absolute atomic E-state index is 0.00766. The molecule has 0 saturated carbocycles. The van der Waals surface area contributed by atoms with Gasteiger partial charge in [0.15, 0.2) is 5.76 Å². The molecular formula is C24H29N3O4. The Morgan fingerprint density at radius 3 is 2.52 bits per heavy atom. The molecule has 2 aliphatic rings. The minimum atomic E-state index is -0.360. The van der Waals surface area contributed by atoms with Crippen molar-refractivity contribution in [2.24, 2.45) is 11.8 Å². The van der Waals surface area contributed by atoms with E-state index < -0.39 is 0 Å². The van der Waals surface area contributed by atoms with Crippen molar-refractivity contribution >= 4 is 23.4 Å². The van der Waals surface area contributed by atoms with Gasteiger partial charge < -0.3 is 19.5 Å². The van der Waals surface area contributed by atoms with Crippen molar-refractivity contribution in [3.63, 3.8) is 0 Å². The molecule has 7 heteroatoms. The molecule has 1 aromatic carbocycles. The average molecular weight is 424 g/mol. The van der Waals surface area contributed by atoms with Crippen molar-refractivity contribution in [3.8, 4) is 0 Å². The van der Waals surface area contributed by atoms with E-state index in [2.05, 4.69) is 12.2 Å². The predicted octanol–water partition coefficient (Wildman–Crippen LogP) is 3.64. The Kier molecular flexibility index (Phi) is 6.39. The summed E-state index contributed by atoms with van der Waals surface area (Å²) in [6.07, 6.45) is 5.11. The van der Waals surface area contributed by atoms with Gasteiger partial charge in [0.25, 0.3) is 11.8 Å². The molecule has 0 spiro atoms. The maximum absolute atomic E-state index is 13.0. The first-order chi connectivity index (χ1) is 15.0. The lowest BCUT2D eigenvalue weighted by atomic mass is 9.92. The summed E-state index contributed by atoms with van der Waals surface area (Å²) in [6.45, 7) is 5.06. The topological polar surface area (TPSA) is 82.9 Å². The lowest BCUT2D eigenvalue weighted by Crippen LogP contribution is -2.47. The standard InChI is InChI=1S/C24H29N3O4/c1-17-5-3-11-27(16-17)23(29)18-9-12-26(13-10-18)24(30)19-6-2-7-20(15-19)25-22(28)21-8-4-14-31-21/h2,4,6-8,14-15,17-18H,3,5,9-13,16H2,1H3,(H,25,28). The number of benzene rings is 1. The molecule has 0 bridgehead atoms. The van der Waals surface area contributed by atoms with Gasteiger partial charge in [0, 0.05) is 43.3 Å². The van der Waals surface area contributed by atoms with E-state index in [0.29, 0.717) is 43.1 Å². The quantitative estimate of drug-likeness (QED) is 0.814. The smallest absolute Gasteiger partial charge is 0.291 e. The van der Waals surface area contributed by atoms with Crippen molar-refractivity contribution < 1.29 is 18.8 Å². The van der Waals surface area contributed by atoms with Gasteiger partial charge in [-0.15, -0.1) is 0 Å². The van der Waals surface area contributed by atoms with E-state index in [1.165, 1.54) is 12.7 Å². The van der Waals surface area contributed by atoms with E-state index in [1.807, 2.05) is 4.90 Å². The zero-order valence-electron chi connectivity index (χ0n) is 17.9. The number of carbonyl (C=O) groups excluding carboxylic acids is 3. The molecule has 0 aliphatic carbocycles. The van der Waals surface area contributed by atoms with Gasteiger partial charge in [-0.1, -0.05) is 13.0 Å². The zero-order chi connectivity index (χ0) is 21.8. The summed E-state index contributed by atoms with van der Waals surface area (Å²) >= 11 is 0. The lowest BCUT2D eigenvalue weighted by Gasteiger charge is -2.37. The number of hydrogen-bond acceptors (Lipinski definition) is 4. The van der Waals surface area contributed by atoms with E-state index in [1.54, 1.807) is 41.3 Å². The van der Waals surface area contributed by atoms with Gasteiger partial charge in [0.05, 0.1) is 6.26 Å². The van der Waals surface area contributed by atoms with Gasteiger partial charge in [0.1, 0.15) is 0 Å². The number of piperidine rings is 2. The molecule has 1 unspecified atom stereocenters. The van der Waals surface area contributed by atoms with Crippen LogP contribution in [-0.2, 0) is 4.79 Å². The van der Waals surface area contributed by atoms with Crippen LogP contribution < -0.4 is 5.32 Å². The Hall–Kier alpha value is -3.09. The highest BCUT2D eigenvalue weighted by Gasteiger charge is 2.32. The van der Waals surface area contributed by atoms with Crippen LogP contribution in [0.15, 0.2) is 47.1 Å². The number of likely N-dealkylation sites (tertiary alicyclic amines) is 2. The molecule has 4 rings (SSSR count). The molecule has 2 fully saturated rings. The summed E-state index contributed by atoms with van der Waals surface area (Å²) in [5.74, 6) is 0.605. The van der Waals surface area contributed by atoms with Crippen molar-refractivity contribution in [1.29, 1.82) is 0 Å². The zero-order valence-corrected chi connectivity index (χ0v) is 17.9.